The summed E-state index contributed by atoms with van der Waals surface area (Å²) < 4.78 is 0. The summed E-state index contributed by atoms with van der Waals surface area (Å²) in [5.74, 6) is 1.90. The van der Waals surface area contributed by atoms with Crippen molar-refractivity contribution < 1.29 is 4.79 Å². The van der Waals surface area contributed by atoms with E-state index in [-0.39, 0.29) is 5.91 Å². The first-order chi connectivity index (χ1) is 15.3. The number of nitrogens with one attached hydrogen (secondary N) is 3. The third-order valence-corrected chi connectivity index (χ3v) is 4.56. The summed E-state index contributed by atoms with van der Waals surface area (Å²) in [6.45, 7) is 1.00. The summed E-state index contributed by atoms with van der Waals surface area (Å²) in [6.07, 6.45) is 3.18. The van der Waals surface area contributed by atoms with E-state index < -0.39 is 0 Å². The minimum atomic E-state index is -0.110. The Morgan fingerprint density at radius 3 is 2.23 bits per heavy atom. The highest BCUT2D eigenvalue weighted by molar-refractivity contribution is 5.94. The van der Waals surface area contributed by atoms with Crippen molar-refractivity contribution in [2.75, 3.05) is 23.7 Å². The largest absolute Gasteiger partial charge is 0.368 e. The molecule has 7 nitrogen and oxygen atoms in total. The molecule has 2 aromatic heterocycles. The summed E-state index contributed by atoms with van der Waals surface area (Å²) in [4.78, 5) is 25.0. The van der Waals surface area contributed by atoms with Gasteiger partial charge in [-0.1, -0.05) is 48.5 Å². The fourth-order valence-electron chi connectivity index (χ4n) is 3.00. The number of pyridine rings is 1. The summed E-state index contributed by atoms with van der Waals surface area (Å²) in [7, 11) is 0. The second kappa shape index (κ2) is 9.98. The van der Waals surface area contributed by atoms with Gasteiger partial charge in [-0.15, -0.1) is 0 Å². The molecule has 0 radical (unpaired) electrons. The second-order valence-electron chi connectivity index (χ2n) is 6.75. The summed E-state index contributed by atoms with van der Waals surface area (Å²) >= 11 is 0. The molecule has 2 aromatic carbocycles. The van der Waals surface area contributed by atoms with Crippen LogP contribution in [0.3, 0.4) is 0 Å². The van der Waals surface area contributed by atoms with Gasteiger partial charge in [-0.3, -0.25) is 4.79 Å². The van der Waals surface area contributed by atoms with Gasteiger partial charge in [0.05, 0.1) is 0 Å². The number of rotatable bonds is 8. The van der Waals surface area contributed by atoms with Gasteiger partial charge < -0.3 is 16.0 Å². The van der Waals surface area contributed by atoms with Crippen LogP contribution in [0.5, 0.6) is 0 Å². The molecule has 0 spiro atoms. The second-order valence-corrected chi connectivity index (χ2v) is 6.75. The number of carbonyl (C=O) groups excluding carboxylic acids is 1. The van der Waals surface area contributed by atoms with E-state index >= 15 is 0 Å². The van der Waals surface area contributed by atoms with E-state index in [9.17, 15) is 4.79 Å². The van der Waals surface area contributed by atoms with Crippen LogP contribution >= 0.6 is 0 Å². The molecule has 1 amide bonds. The van der Waals surface area contributed by atoms with Crippen LogP contribution in [0.1, 0.15) is 10.4 Å². The standard InChI is InChI=1S/C24H22N6O/c31-24(20-11-9-19(10-12-20)18-6-2-1-3-7-18)27-15-14-26-22-16-23(29-17-28-22)30-21-8-4-5-13-25-21/h1-13,16-17H,14-15H2,(H,27,31)(H2,25,26,28,29,30). The van der Waals surface area contributed by atoms with Crippen LogP contribution in [-0.4, -0.2) is 33.9 Å². The van der Waals surface area contributed by atoms with Crippen LogP contribution < -0.4 is 16.0 Å². The van der Waals surface area contributed by atoms with Crippen LogP contribution in [0.25, 0.3) is 11.1 Å². The number of aromatic nitrogens is 3. The molecule has 0 bridgehead atoms. The molecule has 0 unspecified atom stereocenters. The molecule has 0 aliphatic rings. The van der Waals surface area contributed by atoms with Crippen molar-refractivity contribution >= 4 is 23.4 Å². The summed E-state index contributed by atoms with van der Waals surface area (Å²) in [5.41, 5.74) is 2.83. The lowest BCUT2D eigenvalue weighted by molar-refractivity contribution is 0.0955. The van der Waals surface area contributed by atoms with Gasteiger partial charge in [0.2, 0.25) is 0 Å². The van der Waals surface area contributed by atoms with Crippen LogP contribution in [0.15, 0.2) is 91.4 Å². The molecule has 154 valence electrons. The van der Waals surface area contributed by atoms with E-state index in [0.29, 0.717) is 36.1 Å². The van der Waals surface area contributed by atoms with Gasteiger partial charge in [0.1, 0.15) is 23.8 Å². The number of hydrogen-bond donors (Lipinski definition) is 3. The Bertz CT molecular complexity index is 1120. The first-order valence-corrected chi connectivity index (χ1v) is 9.95. The average Bonchev–Trinajstić information content (AvgIpc) is 2.83. The Hall–Kier alpha value is -4.26. The molecule has 2 heterocycles. The molecule has 31 heavy (non-hydrogen) atoms. The van der Waals surface area contributed by atoms with Crippen LogP contribution in [0, 0.1) is 0 Å². The zero-order valence-corrected chi connectivity index (χ0v) is 16.8. The van der Waals surface area contributed by atoms with E-state index in [1.54, 1.807) is 12.3 Å². The highest BCUT2D eigenvalue weighted by atomic mass is 16.1. The fraction of sp³-hybridized carbons (Fsp3) is 0.0833. The van der Waals surface area contributed by atoms with Gasteiger partial charge in [0.15, 0.2) is 0 Å². The van der Waals surface area contributed by atoms with Gasteiger partial charge in [-0.25, -0.2) is 15.0 Å². The molecule has 0 aliphatic carbocycles. The maximum Gasteiger partial charge on any atom is 0.251 e. The predicted molar refractivity (Wildman–Crippen MR) is 122 cm³/mol. The topological polar surface area (TPSA) is 91.8 Å². The van der Waals surface area contributed by atoms with Crippen LogP contribution in [0.4, 0.5) is 17.5 Å². The molecule has 4 rings (SSSR count). The van der Waals surface area contributed by atoms with Gasteiger partial charge in [-0.2, -0.15) is 0 Å². The molecular formula is C24H22N6O. The zero-order chi connectivity index (χ0) is 21.3. The lowest BCUT2D eigenvalue weighted by atomic mass is 10.0. The predicted octanol–water partition coefficient (Wildman–Crippen LogP) is 4.12. The number of hydrogen-bond acceptors (Lipinski definition) is 6. The molecule has 0 saturated heterocycles. The van der Waals surface area contributed by atoms with Crippen LogP contribution in [0.2, 0.25) is 0 Å². The highest BCUT2D eigenvalue weighted by Crippen LogP contribution is 2.19. The molecule has 0 aliphatic heterocycles. The van der Waals surface area contributed by atoms with Gasteiger partial charge in [0, 0.05) is 30.9 Å². The molecular weight excluding hydrogens is 388 g/mol. The summed E-state index contributed by atoms with van der Waals surface area (Å²) in [6, 6.07) is 25.1. The molecule has 4 aromatic rings. The minimum absolute atomic E-state index is 0.110. The molecule has 0 saturated carbocycles. The first kappa shape index (κ1) is 20.0. The van der Waals surface area contributed by atoms with E-state index in [0.717, 1.165) is 11.1 Å². The quantitative estimate of drug-likeness (QED) is 0.379. The van der Waals surface area contributed by atoms with Crippen molar-refractivity contribution in [1.29, 1.82) is 0 Å². The van der Waals surface area contributed by atoms with Crippen LogP contribution in [-0.2, 0) is 0 Å². The number of anilines is 3. The Balaban J connectivity index is 1.25. The maximum absolute atomic E-state index is 12.4. The third-order valence-electron chi connectivity index (χ3n) is 4.56. The van der Waals surface area contributed by atoms with Crippen molar-refractivity contribution in [3.05, 3.63) is 97.0 Å². The Kier molecular flexibility index (Phi) is 6.45. The van der Waals surface area contributed by atoms with E-state index in [1.165, 1.54) is 6.33 Å². The van der Waals surface area contributed by atoms with Gasteiger partial charge >= 0.3 is 0 Å². The fourth-order valence-corrected chi connectivity index (χ4v) is 3.00. The van der Waals surface area contributed by atoms with Crippen molar-refractivity contribution in [3.8, 4) is 11.1 Å². The molecule has 0 atom stereocenters. The van der Waals surface area contributed by atoms with Gasteiger partial charge in [0.25, 0.3) is 5.91 Å². The maximum atomic E-state index is 12.4. The Morgan fingerprint density at radius 1 is 0.710 bits per heavy atom. The SMILES string of the molecule is O=C(NCCNc1cc(Nc2ccccn2)ncn1)c1ccc(-c2ccccc2)cc1. The van der Waals surface area contributed by atoms with Crippen molar-refractivity contribution in [3.63, 3.8) is 0 Å². The smallest absolute Gasteiger partial charge is 0.251 e. The lowest BCUT2D eigenvalue weighted by Crippen LogP contribution is -2.28. The van der Waals surface area contributed by atoms with E-state index in [4.69, 9.17) is 0 Å². The Labute approximate surface area is 180 Å². The number of nitrogens with zero attached hydrogens (tertiary/aromatic N) is 3. The number of amides is 1. The third kappa shape index (κ3) is 5.63. The molecule has 3 N–H and O–H groups in total. The van der Waals surface area contributed by atoms with Gasteiger partial charge in [-0.05, 0) is 35.4 Å². The number of carbonyl (C=O) groups is 1. The monoisotopic (exact) mass is 410 g/mol. The molecule has 0 fully saturated rings. The van der Waals surface area contributed by atoms with Crippen molar-refractivity contribution in [2.24, 2.45) is 0 Å². The number of benzene rings is 2. The highest BCUT2D eigenvalue weighted by Gasteiger charge is 2.06. The van der Waals surface area contributed by atoms with E-state index in [1.807, 2.05) is 72.8 Å². The average molecular weight is 410 g/mol. The lowest BCUT2D eigenvalue weighted by Gasteiger charge is -2.09. The summed E-state index contributed by atoms with van der Waals surface area (Å²) in [5, 5.41) is 9.21. The van der Waals surface area contributed by atoms with Crippen molar-refractivity contribution in [1.82, 2.24) is 20.3 Å². The van der Waals surface area contributed by atoms with E-state index in [2.05, 4.69) is 30.9 Å². The Morgan fingerprint density at radius 2 is 1.45 bits per heavy atom. The zero-order valence-electron chi connectivity index (χ0n) is 16.8. The first-order valence-electron chi connectivity index (χ1n) is 9.95. The molecule has 7 heteroatoms. The van der Waals surface area contributed by atoms with Crippen molar-refractivity contribution in [2.45, 2.75) is 0 Å². The normalized spacial score (nSPS) is 10.3. The minimum Gasteiger partial charge on any atom is -0.368 e.